The van der Waals surface area contributed by atoms with E-state index in [1.165, 1.54) is 0 Å². The topological polar surface area (TPSA) is 84.2 Å². The molecule has 1 aromatic carbocycles. The minimum Gasteiger partial charge on any atom is -0.369 e. The van der Waals surface area contributed by atoms with E-state index in [1.54, 1.807) is 13.8 Å². The summed E-state index contributed by atoms with van der Waals surface area (Å²) in [5.74, 6) is -3.73. The number of hydrogen-bond acceptors (Lipinski definition) is 4. The van der Waals surface area contributed by atoms with Crippen LogP contribution in [0.15, 0.2) is 17.0 Å². The third kappa shape index (κ3) is 5.09. The Morgan fingerprint density at radius 3 is 2.38 bits per heavy atom. The molecular formula is C23H32F3N3O2S. The zero-order valence-electron chi connectivity index (χ0n) is 18.9. The van der Waals surface area contributed by atoms with Crippen LogP contribution in [0.2, 0.25) is 0 Å². The smallest absolute Gasteiger partial charge is 0.240 e. The number of nitrogens with two attached hydrogens (primary N) is 1. The fourth-order valence-corrected chi connectivity index (χ4v) is 6.11. The van der Waals surface area contributed by atoms with Crippen LogP contribution in [0.1, 0.15) is 59.8 Å². The monoisotopic (exact) mass is 471 g/mol. The van der Waals surface area contributed by atoms with Crippen molar-refractivity contribution < 1.29 is 22.8 Å². The first-order chi connectivity index (χ1) is 14.9. The van der Waals surface area contributed by atoms with Gasteiger partial charge >= 0.3 is 0 Å². The van der Waals surface area contributed by atoms with Crippen molar-refractivity contribution in [1.82, 2.24) is 10.0 Å². The maximum Gasteiger partial charge on any atom is 0.240 e. The Labute approximate surface area is 191 Å². The largest absolute Gasteiger partial charge is 0.369 e. The van der Waals surface area contributed by atoms with E-state index in [0.717, 1.165) is 49.8 Å². The van der Waals surface area contributed by atoms with Crippen LogP contribution >= 0.6 is 11.9 Å². The number of amides is 2. The highest BCUT2D eigenvalue weighted by molar-refractivity contribution is 7.97. The predicted molar refractivity (Wildman–Crippen MR) is 118 cm³/mol. The van der Waals surface area contributed by atoms with Crippen LogP contribution in [-0.2, 0) is 9.59 Å². The van der Waals surface area contributed by atoms with Crippen molar-refractivity contribution in [1.29, 1.82) is 0 Å². The van der Waals surface area contributed by atoms with Gasteiger partial charge in [0, 0.05) is 16.4 Å². The van der Waals surface area contributed by atoms with Gasteiger partial charge in [0.1, 0.15) is 5.54 Å². The molecule has 2 aliphatic rings. The molecule has 178 valence electrons. The second kappa shape index (κ2) is 9.25. The lowest BCUT2D eigenvalue weighted by Gasteiger charge is -2.51. The van der Waals surface area contributed by atoms with E-state index in [0.29, 0.717) is 18.3 Å². The van der Waals surface area contributed by atoms with Crippen molar-refractivity contribution in [2.75, 3.05) is 0 Å². The molecule has 2 fully saturated rings. The fourth-order valence-electron chi connectivity index (χ4n) is 5.32. The summed E-state index contributed by atoms with van der Waals surface area (Å²) in [5.41, 5.74) is 4.07. The van der Waals surface area contributed by atoms with E-state index in [2.05, 4.69) is 17.0 Å². The molecule has 0 saturated heterocycles. The Morgan fingerprint density at radius 1 is 1.19 bits per heavy atom. The summed E-state index contributed by atoms with van der Waals surface area (Å²) in [7, 11) is 0. The SMILES string of the molecule is CCC1CC2CC(CC(C)(C(N)=O)C2)C1NC(=O)C(C)(C)NSc1cc(F)c(F)c(F)c1. The van der Waals surface area contributed by atoms with Gasteiger partial charge in [-0.05, 0) is 81.4 Å². The Hall–Kier alpha value is -1.74. The molecule has 0 heterocycles. The molecule has 0 radical (unpaired) electrons. The lowest BCUT2D eigenvalue weighted by atomic mass is 9.57. The van der Waals surface area contributed by atoms with E-state index in [9.17, 15) is 22.8 Å². The van der Waals surface area contributed by atoms with Gasteiger partial charge in [0.05, 0.1) is 0 Å². The van der Waals surface area contributed by atoms with Gasteiger partial charge in [-0.1, -0.05) is 20.3 Å². The second-order valence-corrected chi connectivity index (χ2v) is 11.0. The maximum atomic E-state index is 13.5. The van der Waals surface area contributed by atoms with E-state index in [1.807, 2.05) is 6.92 Å². The highest BCUT2D eigenvalue weighted by atomic mass is 32.2. The summed E-state index contributed by atoms with van der Waals surface area (Å²) >= 11 is 0.864. The molecular weight excluding hydrogens is 439 g/mol. The summed E-state index contributed by atoms with van der Waals surface area (Å²) in [6.45, 7) is 7.37. The van der Waals surface area contributed by atoms with Gasteiger partial charge in [-0.15, -0.1) is 0 Å². The quantitative estimate of drug-likeness (QED) is 0.409. The van der Waals surface area contributed by atoms with Gasteiger partial charge in [-0.3, -0.25) is 9.59 Å². The van der Waals surface area contributed by atoms with Crippen molar-refractivity contribution in [3.63, 3.8) is 0 Å². The second-order valence-electron chi connectivity index (χ2n) is 10.1. The Kier molecular flexibility index (Phi) is 7.20. The molecule has 2 aliphatic carbocycles. The zero-order valence-corrected chi connectivity index (χ0v) is 19.8. The Morgan fingerprint density at radius 2 is 1.81 bits per heavy atom. The van der Waals surface area contributed by atoms with Crippen molar-refractivity contribution in [2.45, 2.75) is 76.3 Å². The number of fused-ring (bicyclic) bond motifs is 2. The fraction of sp³-hybridized carbons (Fsp3) is 0.652. The van der Waals surface area contributed by atoms with Gasteiger partial charge in [0.2, 0.25) is 11.8 Å². The van der Waals surface area contributed by atoms with E-state index < -0.39 is 28.4 Å². The van der Waals surface area contributed by atoms with Crippen molar-refractivity contribution in [3.8, 4) is 0 Å². The van der Waals surface area contributed by atoms with Gasteiger partial charge < -0.3 is 11.1 Å². The molecule has 32 heavy (non-hydrogen) atoms. The van der Waals surface area contributed by atoms with Crippen molar-refractivity contribution >= 4 is 23.8 Å². The average molecular weight is 472 g/mol. The van der Waals surface area contributed by atoms with E-state index in [4.69, 9.17) is 5.73 Å². The standard InChI is InChI=1S/C23H32F3N3O2S/c1-5-13-6-12-7-14(11-23(4,10-12)20(27)30)19(13)28-21(31)22(2,3)29-32-15-8-16(24)18(26)17(25)9-15/h8-9,12-14,19,29H,5-7,10-11H2,1-4H3,(H2,27,30)(H,28,31). The van der Waals surface area contributed by atoms with Gasteiger partial charge in [0.25, 0.3) is 0 Å². The molecule has 5 nitrogen and oxygen atoms in total. The number of carbonyl (C=O) groups is 2. The number of nitrogens with one attached hydrogen (secondary N) is 2. The van der Waals surface area contributed by atoms with Crippen LogP contribution in [0.3, 0.4) is 0 Å². The average Bonchev–Trinajstić information content (AvgIpc) is 2.71. The van der Waals surface area contributed by atoms with Gasteiger partial charge in [0.15, 0.2) is 17.5 Å². The summed E-state index contributed by atoms with van der Waals surface area (Å²) < 4.78 is 43.1. The molecule has 2 amide bonds. The first-order valence-corrected chi connectivity index (χ1v) is 11.9. The zero-order chi connectivity index (χ0) is 23.8. The molecule has 5 unspecified atom stereocenters. The minimum atomic E-state index is -1.52. The number of benzene rings is 1. The third-order valence-corrected chi connectivity index (χ3v) is 8.19. The molecule has 2 bridgehead atoms. The van der Waals surface area contributed by atoms with Crippen LogP contribution in [-0.4, -0.2) is 23.4 Å². The highest BCUT2D eigenvalue weighted by Crippen LogP contribution is 2.51. The lowest BCUT2D eigenvalue weighted by Crippen LogP contribution is -2.59. The molecule has 9 heteroatoms. The van der Waals surface area contributed by atoms with Crippen molar-refractivity contribution in [3.05, 3.63) is 29.6 Å². The summed E-state index contributed by atoms with van der Waals surface area (Å²) in [4.78, 5) is 25.4. The molecule has 0 aromatic heterocycles. The Balaban J connectivity index is 1.70. The van der Waals surface area contributed by atoms with E-state index >= 15 is 0 Å². The molecule has 3 rings (SSSR count). The third-order valence-electron chi connectivity index (χ3n) is 7.11. The number of primary amides is 1. The minimum absolute atomic E-state index is 0.0745. The highest BCUT2D eigenvalue weighted by Gasteiger charge is 2.49. The Bertz CT molecular complexity index is 874. The number of halogens is 3. The molecule has 0 spiro atoms. The number of carbonyl (C=O) groups excluding carboxylic acids is 2. The van der Waals surface area contributed by atoms with Gasteiger partial charge in [-0.2, -0.15) is 0 Å². The molecule has 1 aromatic rings. The predicted octanol–water partition coefficient (Wildman–Crippen LogP) is 4.30. The van der Waals surface area contributed by atoms with E-state index in [-0.39, 0.29) is 28.7 Å². The van der Waals surface area contributed by atoms with Crippen LogP contribution in [0.4, 0.5) is 13.2 Å². The van der Waals surface area contributed by atoms with Crippen molar-refractivity contribution in [2.24, 2.45) is 28.9 Å². The summed E-state index contributed by atoms with van der Waals surface area (Å²) in [6, 6.07) is 1.69. The molecule has 0 aliphatic heterocycles. The number of hydrogen-bond donors (Lipinski definition) is 3. The van der Waals surface area contributed by atoms with Gasteiger partial charge in [-0.25, -0.2) is 17.9 Å². The maximum absolute atomic E-state index is 13.5. The molecule has 4 N–H and O–H groups in total. The van der Waals surface area contributed by atoms with Crippen LogP contribution in [0, 0.1) is 40.6 Å². The summed E-state index contributed by atoms with van der Waals surface area (Å²) in [5, 5.41) is 3.19. The normalized spacial score (nSPS) is 30.1. The van der Waals surface area contributed by atoms with Crippen LogP contribution < -0.4 is 15.8 Å². The lowest BCUT2D eigenvalue weighted by molar-refractivity contribution is -0.134. The number of rotatable bonds is 7. The van der Waals surface area contributed by atoms with Crippen LogP contribution in [0.25, 0.3) is 0 Å². The first-order valence-electron chi connectivity index (χ1n) is 11.1. The molecule has 2 saturated carbocycles. The summed E-state index contributed by atoms with van der Waals surface area (Å²) in [6.07, 6.45) is 4.27. The van der Waals surface area contributed by atoms with Crippen LogP contribution in [0.5, 0.6) is 0 Å². The molecule has 5 atom stereocenters. The first kappa shape index (κ1) is 24.9.